The summed E-state index contributed by atoms with van der Waals surface area (Å²) in [5.41, 5.74) is 2.41. The Morgan fingerprint density at radius 3 is 3.28 bits per heavy atom. The number of carbonyl (C=O) groups is 1. The zero-order chi connectivity index (χ0) is 12.4. The van der Waals surface area contributed by atoms with Crippen molar-refractivity contribution in [2.75, 3.05) is 19.7 Å². The predicted octanol–water partition coefficient (Wildman–Crippen LogP) is 0.847. The Balaban J connectivity index is 1.58. The maximum absolute atomic E-state index is 11.9. The smallest absolute Gasteiger partial charge is 0.224 e. The number of rotatable bonds is 3. The molecule has 2 aliphatic heterocycles. The van der Waals surface area contributed by atoms with E-state index in [-0.39, 0.29) is 11.8 Å². The van der Waals surface area contributed by atoms with Crippen LogP contribution in [0.3, 0.4) is 0 Å². The van der Waals surface area contributed by atoms with Crippen molar-refractivity contribution in [3.8, 4) is 5.75 Å². The second kappa shape index (κ2) is 4.98. The molecule has 4 heteroatoms. The number of carbonyl (C=O) groups excluding carboxylic acids is 1. The van der Waals surface area contributed by atoms with Crippen LogP contribution < -0.4 is 15.4 Å². The molecule has 1 atom stereocenters. The highest BCUT2D eigenvalue weighted by Crippen LogP contribution is 2.25. The molecule has 0 bridgehead atoms. The summed E-state index contributed by atoms with van der Waals surface area (Å²) >= 11 is 0. The van der Waals surface area contributed by atoms with Crippen molar-refractivity contribution in [3.05, 3.63) is 29.3 Å². The molecular weight excluding hydrogens is 228 g/mol. The van der Waals surface area contributed by atoms with Gasteiger partial charge in [-0.15, -0.1) is 0 Å². The highest BCUT2D eigenvalue weighted by Gasteiger charge is 2.22. The summed E-state index contributed by atoms with van der Waals surface area (Å²) < 4.78 is 5.46. The van der Waals surface area contributed by atoms with Crippen molar-refractivity contribution in [3.63, 3.8) is 0 Å². The standard InChI is InChI=1S/C14H18N2O2/c17-14(12-3-5-15-9-12)16-8-10-1-2-13-11(7-10)4-6-18-13/h1-2,7,12,15H,3-6,8-9H2,(H,16,17). The Bertz CT molecular complexity index is 453. The van der Waals surface area contributed by atoms with Crippen LogP contribution in [0.5, 0.6) is 5.75 Å². The molecule has 1 aromatic rings. The van der Waals surface area contributed by atoms with E-state index in [0.717, 1.165) is 43.9 Å². The van der Waals surface area contributed by atoms with Gasteiger partial charge in [0.05, 0.1) is 12.5 Å². The molecule has 0 saturated carbocycles. The summed E-state index contributed by atoms with van der Waals surface area (Å²) in [7, 11) is 0. The molecule has 0 aliphatic carbocycles. The molecule has 4 nitrogen and oxygen atoms in total. The van der Waals surface area contributed by atoms with E-state index in [1.165, 1.54) is 5.56 Å². The van der Waals surface area contributed by atoms with E-state index in [9.17, 15) is 4.79 Å². The quantitative estimate of drug-likeness (QED) is 0.831. The molecule has 96 valence electrons. The monoisotopic (exact) mass is 246 g/mol. The van der Waals surface area contributed by atoms with Gasteiger partial charge < -0.3 is 15.4 Å². The second-order valence-electron chi connectivity index (χ2n) is 4.95. The number of ether oxygens (including phenoxy) is 1. The molecule has 1 fully saturated rings. The molecule has 1 aromatic carbocycles. The first-order valence-electron chi connectivity index (χ1n) is 6.56. The lowest BCUT2D eigenvalue weighted by atomic mass is 10.1. The van der Waals surface area contributed by atoms with Crippen molar-refractivity contribution in [1.29, 1.82) is 0 Å². The van der Waals surface area contributed by atoms with Crippen LogP contribution in [0.1, 0.15) is 17.5 Å². The number of amides is 1. The summed E-state index contributed by atoms with van der Waals surface area (Å²) in [6.07, 6.45) is 1.92. The van der Waals surface area contributed by atoms with Crippen LogP contribution in [0.25, 0.3) is 0 Å². The lowest BCUT2D eigenvalue weighted by molar-refractivity contribution is -0.124. The molecule has 3 rings (SSSR count). The fourth-order valence-electron chi connectivity index (χ4n) is 2.56. The third-order valence-electron chi connectivity index (χ3n) is 3.65. The fourth-order valence-corrected chi connectivity index (χ4v) is 2.56. The molecule has 2 aliphatic rings. The van der Waals surface area contributed by atoms with Crippen LogP contribution in [0, 0.1) is 5.92 Å². The average Bonchev–Trinajstić information content (AvgIpc) is 3.05. The lowest BCUT2D eigenvalue weighted by Gasteiger charge is -2.10. The van der Waals surface area contributed by atoms with Crippen LogP contribution in [-0.2, 0) is 17.8 Å². The van der Waals surface area contributed by atoms with Gasteiger partial charge in [-0.1, -0.05) is 12.1 Å². The Morgan fingerprint density at radius 1 is 1.50 bits per heavy atom. The van der Waals surface area contributed by atoms with Gasteiger partial charge in [0.2, 0.25) is 5.91 Å². The molecule has 1 saturated heterocycles. The number of nitrogens with one attached hydrogen (secondary N) is 2. The summed E-state index contributed by atoms with van der Waals surface area (Å²) in [5, 5.41) is 6.22. The van der Waals surface area contributed by atoms with Gasteiger partial charge in [0.1, 0.15) is 5.75 Å². The van der Waals surface area contributed by atoms with Crippen molar-refractivity contribution in [1.82, 2.24) is 10.6 Å². The van der Waals surface area contributed by atoms with Gasteiger partial charge in [0.25, 0.3) is 0 Å². The second-order valence-corrected chi connectivity index (χ2v) is 4.95. The molecule has 18 heavy (non-hydrogen) atoms. The maximum Gasteiger partial charge on any atom is 0.224 e. The van der Waals surface area contributed by atoms with Crippen LogP contribution in [0.2, 0.25) is 0 Å². The predicted molar refractivity (Wildman–Crippen MR) is 68.5 cm³/mol. The summed E-state index contributed by atoms with van der Waals surface area (Å²) in [6.45, 7) is 3.15. The largest absolute Gasteiger partial charge is 0.493 e. The molecule has 2 heterocycles. The first kappa shape index (κ1) is 11.5. The van der Waals surface area contributed by atoms with E-state index in [1.807, 2.05) is 12.1 Å². The minimum atomic E-state index is 0.141. The first-order chi connectivity index (χ1) is 8.83. The zero-order valence-electron chi connectivity index (χ0n) is 10.4. The van der Waals surface area contributed by atoms with Gasteiger partial charge in [0.15, 0.2) is 0 Å². The first-order valence-corrected chi connectivity index (χ1v) is 6.56. The summed E-state index contributed by atoms with van der Waals surface area (Å²) in [5.74, 6) is 1.30. The SMILES string of the molecule is O=C(NCc1ccc2c(c1)CCO2)C1CCNC1. The normalized spacial score (nSPS) is 21.4. The Hall–Kier alpha value is -1.55. The van der Waals surface area contributed by atoms with Gasteiger partial charge in [-0.05, 0) is 30.2 Å². The fraction of sp³-hybridized carbons (Fsp3) is 0.500. The highest BCUT2D eigenvalue weighted by molar-refractivity contribution is 5.79. The molecular formula is C14H18N2O2. The van der Waals surface area contributed by atoms with E-state index in [2.05, 4.69) is 16.7 Å². The van der Waals surface area contributed by atoms with Crippen LogP contribution in [0.4, 0.5) is 0 Å². The zero-order valence-corrected chi connectivity index (χ0v) is 10.4. The number of benzene rings is 1. The van der Waals surface area contributed by atoms with E-state index < -0.39 is 0 Å². The van der Waals surface area contributed by atoms with Crippen molar-refractivity contribution >= 4 is 5.91 Å². The lowest BCUT2D eigenvalue weighted by Crippen LogP contribution is -2.31. The van der Waals surface area contributed by atoms with E-state index in [1.54, 1.807) is 0 Å². The van der Waals surface area contributed by atoms with Crippen molar-refractivity contribution in [2.24, 2.45) is 5.92 Å². The molecule has 1 amide bonds. The Morgan fingerprint density at radius 2 is 2.44 bits per heavy atom. The molecule has 1 unspecified atom stereocenters. The number of hydrogen-bond acceptors (Lipinski definition) is 3. The molecule has 0 radical (unpaired) electrons. The van der Waals surface area contributed by atoms with Crippen molar-refractivity contribution < 1.29 is 9.53 Å². The van der Waals surface area contributed by atoms with Gasteiger partial charge >= 0.3 is 0 Å². The minimum absolute atomic E-state index is 0.141. The van der Waals surface area contributed by atoms with Crippen LogP contribution in [-0.4, -0.2) is 25.6 Å². The van der Waals surface area contributed by atoms with E-state index >= 15 is 0 Å². The molecule has 0 spiro atoms. The minimum Gasteiger partial charge on any atom is -0.493 e. The van der Waals surface area contributed by atoms with Gasteiger partial charge in [-0.2, -0.15) is 0 Å². The number of hydrogen-bond donors (Lipinski definition) is 2. The third-order valence-corrected chi connectivity index (χ3v) is 3.65. The topological polar surface area (TPSA) is 50.4 Å². The highest BCUT2D eigenvalue weighted by atomic mass is 16.5. The van der Waals surface area contributed by atoms with Crippen LogP contribution in [0.15, 0.2) is 18.2 Å². The average molecular weight is 246 g/mol. The van der Waals surface area contributed by atoms with Crippen LogP contribution >= 0.6 is 0 Å². The van der Waals surface area contributed by atoms with Gasteiger partial charge in [-0.25, -0.2) is 0 Å². The van der Waals surface area contributed by atoms with Gasteiger partial charge in [0, 0.05) is 19.5 Å². The Labute approximate surface area is 107 Å². The Kier molecular flexibility index (Phi) is 3.19. The summed E-state index contributed by atoms with van der Waals surface area (Å²) in [4.78, 5) is 11.9. The van der Waals surface area contributed by atoms with E-state index in [4.69, 9.17) is 4.74 Å². The van der Waals surface area contributed by atoms with E-state index in [0.29, 0.717) is 6.54 Å². The van der Waals surface area contributed by atoms with Crippen molar-refractivity contribution in [2.45, 2.75) is 19.4 Å². The third kappa shape index (κ3) is 2.34. The van der Waals surface area contributed by atoms with Gasteiger partial charge in [-0.3, -0.25) is 4.79 Å². The summed E-state index contributed by atoms with van der Waals surface area (Å²) in [6, 6.07) is 6.16. The maximum atomic E-state index is 11.9. The molecule has 0 aromatic heterocycles. The number of fused-ring (bicyclic) bond motifs is 1. The molecule has 2 N–H and O–H groups in total.